The van der Waals surface area contributed by atoms with Gasteiger partial charge in [0.25, 0.3) is 0 Å². The largest absolute Gasteiger partial charge is 0.481 e. The molecule has 0 aromatic carbocycles. The van der Waals surface area contributed by atoms with Crippen molar-refractivity contribution in [2.24, 2.45) is 5.73 Å². The van der Waals surface area contributed by atoms with Crippen LogP contribution in [0.4, 0.5) is 0 Å². The summed E-state index contributed by atoms with van der Waals surface area (Å²) in [6.45, 7) is 2.91. The normalized spacial score (nSPS) is 21.9. The molecule has 2 N–H and O–H groups in total. The van der Waals surface area contributed by atoms with E-state index in [2.05, 4.69) is 9.88 Å². The van der Waals surface area contributed by atoms with E-state index in [0.717, 1.165) is 31.7 Å². The maximum Gasteiger partial charge on any atom is 0.213 e. The summed E-state index contributed by atoms with van der Waals surface area (Å²) in [7, 11) is 1.64. The Balaban J connectivity index is 1.98. The lowest BCUT2D eigenvalue weighted by molar-refractivity contribution is 0.319. The Labute approximate surface area is 90.0 Å². The second-order valence-electron chi connectivity index (χ2n) is 3.96. The summed E-state index contributed by atoms with van der Waals surface area (Å²) in [5.74, 6) is 0.677. The Morgan fingerprint density at radius 2 is 2.47 bits per heavy atom. The zero-order valence-electron chi connectivity index (χ0n) is 9.02. The van der Waals surface area contributed by atoms with Crippen molar-refractivity contribution in [2.75, 3.05) is 20.2 Å². The van der Waals surface area contributed by atoms with Gasteiger partial charge in [0, 0.05) is 31.7 Å². The molecule has 1 aromatic rings. The maximum atomic E-state index is 5.85. The fraction of sp³-hybridized carbons (Fsp3) is 0.545. The third kappa shape index (κ3) is 2.67. The summed E-state index contributed by atoms with van der Waals surface area (Å²) in [6.07, 6.45) is 1.09. The van der Waals surface area contributed by atoms with E-state index in [4.69, 9.17) is 10.5 Å². The van der Waals surface area contributed by atoms with Crippen LogP contribution in [0.3, 0.4) is 0 Å². The molecule has 0 saturated carbocycles. The predicted octanol–water partition coefficient (Wildman–Crippen LogP) is 0.623. The van der Waals surface area contributed by atoms with Crippen molar-refractivity contribution in [1.29, 1.82) is 0 Å². The Hall–Kier alpha value is -1.13. The van der Waals surface area contributed by atoms with Gasteiger partial charge in [-0.05, 0) is 12.5 Å². The van der Waals surface area contributed by atoms with Crippen LogP contribution >= 0.6 is 0 Å². The van der Waals surface area contributed by atoms with Crippen LogP contribution in [0.2, 0.25) is 0 Å². The van der Waals surface area contributed by atoms with E-state index >= 15 is 0 Å². The van der Waals surface area contributed by atoms with Gasteiger partial charge in [-0.15, -0.1) is 0 Å². The van der Waals surface area contributed by atoms with Gasteiger partial charge in [0.1, 0.15) is 0 Å². The number of rotatable bonds is 3. The molecule has 0 aliphatic carbocycles. The number of likely N-dealkylation sites (tertiary alicyclic amines) is 1. The lowest BCUT2D eigenvalue weighted by Crippen LogP contribution is -2.26. The number of aromatic nitrogens is 1. The number of nitrogens with zero attached hydrogens (tertiary/aromatic N) is 2. The van der Waals surface area contributed by atoms with Gasteiger partial charge >= 0.3 is 0 Å². The first kappa shape index (κ1) is 10.4. The van der Waals surface area contributed by atoms with Gasteiger partial charge in [-0.25, -0.2) is 4.98 Å². The van der Waals surface area contributed by atoms with E-state index in [1.807, 2.05) is 18.2 Å². The lowest BCUT2D eigenvalue weighted by atomic mass is 10.3. The molecule has 0 bridgehead atoms. The van der Waals surface area contributed by atoms with Crippen molar-refractivity contribution in [1.82, 2.24) is 9.88 Å². The highest BCUT2D eigenvalue weighted by Gasteiger charge is 2.19. The molecule has 1 aromatic heterocycles. The highest BCUT2D eigenvalue weighted by molar-refractivity contribution is 5.15. The van der Waals surface area contributed by atoms with Crippen molar-refractivity contribution in [3.05, 3.63) is 23.9 Å². The lowest BCUT2D eigenvalue weighted by Gasteiger charge is -2.14. The SMILES string of the molecule is COc1cccc(CN2CC[C@H](N)C2)n1. The molecule has 0 radical (unpaired) electrons. The zero-order valence-corrected chi connectivity index (χ0v) is 9.02. The first-order valence-electron chi connectivity index (χ1n) is 5.26. The molecular weight excluding hydrogens is 190 g/mol. The third-order valence-corrected chi connectivity index (χ3v) is 2.68. The number of hydrogen-bond acceptors (Lipinski definition) is 4. The van der Waals surface area contributed by atoms with Crippen molar-refractivity contribution >= 4 is 0 Å². The van der Waals surface area contributed by atoms with E-state index < -0.39 is 0 Å². The molecule has 1 atom stereocenters. The van der Waals surface area contributed by atoms with Gasteiger partial charge in [0.05, 0.1) is 12.8 Å². The smallest absolute Gasteiger partial charge is 0.213 e. The van der Waals surface area contributed by atoms with E-state index in [1.54, 1.807) is 7.11 Å². The molecule has 2 heterocycles. The van der Waals surface area contributed by atoms with Crippen LogP contribution < -0.4 is 10.5 Å². The predicted molar refractivity (Wildman–Crippen MR) is 58.7 cm³/mol. The molecule has 2 rings (SSSR count). The average Bonchev–Trinajstić information content (AvgIpc) is 2.64. The van der Waals surface area contributed by atoms with Crippen molar-refractivity contribution in [3.8, 4) is 5.88 Å². The zero-order chi connectivity index (χ0) is 10.7. The minimum Gasteiger partial charge on any atom is -0.481 e. The molecule has 15 heavy (non-hydrogen) atoms. The highest BCUT2D eigenvalue weighted by atomic mass is 16.5. The molecule has 4 nitrogen and oxygen atoms in total. The molecule has 1 aliphatic heterocycles. The van der Waals surface area contributed by atoms with Gasteiger partial charge in [0.2, 0.25) is 5.88 Å². The molecule has 0 amide bonds. The molecule has 0 unspecified atom stereocenters. The quantitative estimate of drug-likeness (QED) is 0.789. The number of pyridine rings is 1. The number of nitrogens with two attached hydrogens (primary N) is 1. The molecule has 4 heteroatoms. The monoisotopic (exact) mass is 207 g/mol. The van der Waals surface area contributed by atoms with E-state index in [1.165, 1.54) is 0 Å². The Morgan fingerprint density at radius 3 is 3.13 bits per heavy atom. The molecule has 82 valence electrons. The van der Waals surface area contributed by atoms with Crippen molar-refractivity contribution in [3.63, 3.8) is 0 Å². The second-order valence-corrected chi connectivity index (χ2v) is 3.96. The van der Waals surface area contributed by atoms with Crippen LogP contribution in [0, 0.1) is 0 Å². The second kappa shape index (κ2) is 4.59. The van der Waals surface area contributed by atoms with Gasteiger partial charge in [-0.3, -0.25) is 4.90 Å². The summed E-state index contributed by atoms with van der Waals surface area (Å²) in [5, 5.41) is 0. The fourth-order valence-corrected chi connectivity index (χ4v) is 1.89. The first-order valence-corrected chi connectivity index (χ1v) is 5.26. The number of ether oxygens (including phenoxy) is 1. The molecule has 1 fully saturated rings. The number of methoxy groups -OCH3 is 1. The summed E-state index contributed by atoms with van der Waals surface area (Å²) in [6, 6.07) is 6.18. The van der Waals surface area contributed by atoms with Crippen LogP contribution in [0.1, 0.15) is 12.1 Å². The van der Waals surface area contributed by atoms with Crippen LogP contribution in [0.5, 0.6) is 5.88 Å². The first-order chi connectivity index (χ1) is 7.28. The minimum absolute atomic E-state index is 0.329. The van der Waals surface area contributed by atoms with E-state index in [-0.39, 0.29) is 0 Å². The fourth-order valence-electron chi connectivity index (χ4n) is 1.89. The highest BCUT2D eigenvalue weighted by Crippen LogP contribution is 2.13. The molecular formula is C11H17N3O. The van der Waals surface area contributed by atoms with E-state index in [9.17, 15) is 0 Å². The Kier molecular flexibility index (Phi) is 3.18. The van der Waals surface area contributed by atoms with Gasteiger partial charge in [0.15, 0.2) is 0 Å². The van der Waals surface area contributed by atoms with Gasteiger partial charge < -0.3 is 10.5 Å². The van der Waals surface area contributed by atoms with Gasteiger partial charge in [-0.2, -0.15) is 0 Å². The molecule has 0 spiro atoms. The molecule has 1 aliphatic rings. The van der Waals surface area contributed by atoms with Crippen LogP contribution in [0.25, 0.3) is 0 Å². The standard InChI is InChI=1S/C11H17N3O/c1-15-11-4-2-3-10(13-11)8-14-6-5-9(12)7-14/h2-4,9H,5-8,12H2,1H3/t9-/m0/s1. The third-order valence-electron chi connectivity index (χ3n) is 2.68. The molecule has 1 saturated heterocycles. The topological polar surface area (TPSA) is 51.4 Å². The van der Waals surface area contributed by atoms with Crippen LogP contribution in [0.15, 0.2) is 18.2 Å². The van der Waals surface area contributed by atoms with E-state index in [0.29, 0.717) is 11.9 Å². The Morgan fingerprint density at radius 1 is 1.60 bits per heavy atom. The van der Waals surface area contributed by atoms with Crippen molar-refractivity contribution in [2.45, 2.75) is 19.0 Å². The summed E-state index contributed by atoms with van der Waals surface area (Å²) >= 11 is 0. The van der Waals surface area contributed by atoms with Crippen LogP contribution in [-0.2, 0) is 6.54 Å². The average molecular weight is 207 g/mol. The Bertz CT molecular complexity index is 329. The maximum absolute atomic E-state index is 5.85. The van der Waals surface area contributed by atoms with Gasteiger partial charge in [-0.1, -0.05) is 6.07 Å². The van der Waals surface area contributed by atoms with Crippen molar-refractivity contribution < 1.29 is 4.74 Å². The minimum atomic E-state index is 0.329. The summed E-state index contributed by atoms with van der Waals surface area (Å²) < 4.78 is 5.09. The number of hydrogen-bond donors (Lipinski definition) is 1. The summed E-state index contributed by atoms with van der Waals surface area (Å²) in [4.78, 5) is 6.70. The summed E-state index contributed by atoms with van der Waals surface area (Å²) in [5.41, 5.74) is 6.89. The van der Waals surface area contributed by atoms with Crippen LogP contribution in [-0.4, -0.2) is 36.1 Å².